The van der Waals surface area contributed by atoms with Crippen molar-refractivity contribution >= 4 is 15.9 Å². The summed E-state index contributed by atoms with van der Waals surface area (Å²) >= 11 is 3.06. The molecule has 1 aromatic carbocycles. The van der Waals surface area contributed by atoms with Gasteiger partial charge in [-0.15, -0.1) is 0 Å². The molecule has 2 aromatic rings. The van der Waals surface area contributed by atoms with Crippen molar-refractivity contribution in [1.82, 2.24) is 9.78 Å². The summed E-state index contributed by atoms with van der Waals surface area (Å²) in [4.78, 5) is 0. The first kappa shape index (κ1) is 14.1. The van der Waals surface area contributed by atoms with Crippen molar-refractivity contribution in [2.45, 2.75) is 25.0 Å². The third-order valence-electron chi connectivity index (χ3n) is 2.91. The summed E-state index contributed by atoms with van der Waals surface area (Å²) in [5, 5.41) is 3.99. The zero-order valence-electron chi connectivity index (χ0n) is 10.2. The van der Waals surface area contributed by atoms with Crippen LogP contribution in [-0.4, -0.2) is 9.78 Å². The number of benzene rings is 1. The van der Waals surface area contributed by atoms with Gasteiger partial charge in [-0.25, -0.2) is 0 Å². The van der Waals surface area contributed by atoms with Crippen molar-refractivity contribution in [3.63, 3.8) is 0 Å². The van der Waals surface area contributed by atoms with Crippen molar-refractivity contribution < 1.29 is 13.2 Å². The molecular formula is C13H12BrF3N2. The number of rotatable bonds is 3. The Balaban J connectivity index is 2.42. The number of hydrogen-bond donors (Lipinski definition) is 0. The standard InChI is InChI=1S/C13H12BrF3N2/c1-9-4-2-3-5-10(9)8-19-12(13(15,16)17)11(6-14)7-18-19/h2-5,7H,6,8H2,1H3. The quantitative estimate of drug-likeness (QED) is 0.772. The smallest absolute Gasteiger partial charge is 0.256 e. The number of nitrogens with zero attached hydrogens (tertiary/aromatic N) is 2. The van der Waals surface area contributed by atoms with Gasteiger partial charge in [0.15, 0.2) is 0 Å². The second-order valence-corrected chi connectivity index (χ2v) is 4.79. The molecule has 0 saturated carbocycles. The molecular weight excluding hydrogens is 321 g/mol. The fourth-order valence-electron chi connectivity index (χ4n) is 1.92. The van der Waals surface area contributed by atoms with Gasteiger partial charge in [-0.05, 0) is 18.1 Å². The maximum atomic E-state index is 13.1. The van der Waals surface area contributed by atoms with Crippen LogP contribution in [0.3, 0.4) is 0 Å². The van der Waals surface area contributed by atoms with Gasteiger partial charge < -0.3 is 0 Å². The van der Waals surface area contributed by atoms with Gasteiger partial charge in [0.1, 0.15) is 5.69 Å². The van der Waals surface area contributed by atoms with Crippen LogP contribution in [0.15, 0.2) is 30.5 Å². The molecule has 2 rings (SSSR count). The molecule has 0 fully saturated rings. The van der Waals surface area contributed by atoms with Crippen molar-refractivity contribution in [1.29, 1.82) is 0 Å². The molecule has 0 spiro atoms. The molecule has 0 atom stereocenters. The number of alkyl halides is 4. The monoisotopic (exact) mass is 332 g/mol. The Morgan fingerprint density at radius 2 is 1.89 bits per heavy atom. The van der Waals surface area contributed by atoms with E-state index in [1.807, 2.05) is 31.2 Å². The molecule has 19 heavy (non-hydrogen) atoms. The van der Waals surface area contributed by atoms with E-state index in [1.54, 1.807) is 0 Å². The Morgan fingerprint density at radius 3 is 2.47 bits per heavy atom. The lowest BCUT2D eigenvalue weighted by Crippen LogP contribution is -2.17. The molecule has 1 heterocycles. The minimum atomic E-state index is -4.40. The van der Waals surface area contributed by atoms with Crippen LogP contribution in [-0.2, 0) is 18.1 Å². The molecule has 6 heteroatoms. The Morgan fingerprint density at radius 1 is 1.21 bits per heavy atom. The molecule has 102 valence electrons. The molecule has 2 nitrogen and oxygen atoms in total. The highest BCUT2D eigenvalue weighted by Crippen LogP contribution is 2.33. The number of hydrogen-bond acceptors (Lipinski definition) is 1. The first-order chi connectivity index (χ1) is 8.93. The van der Waals surface area contributed by atoms with Crippen LogP contribution >= 0.6 is 15.9 Å². The Kier molecular flexibility index (Phi) is 3.99. The van der Waals surface area contributed by atoms with Crippen molar-refractivity contribution in [2.24, 2.45) is 0 Å². The number of aromatic nitrogens is 2. The molecule has 1 aromatic heterocycles. The Labute approximate surface area is 117 Å². The summed E-state index contributed by atoms with van der Waals surface area (Å²) < 4.78 is 40.2. The van der Waals surface area contributed by atoms with Crippen LogP contribution in [0.2, 0.25) is 0 Å². The van der Waals surface area contributed by atoms with Gasteiger partial charge >= 0.3 is 6.18 Å². The van der Waals surface area contributed by atoms with E-state index in [4.69, 9.17) is 0 Å². The van der Waals surface area contributed by atoms with Crippen molar-refractivity contribution in [3.05, 3.63) is 52.8 Å². The molecule has 0 N–H and O–H groups in total. The Hall–Kier alpha value is -1.30. The van der Waals surface area contributed by atoms with Crippen LogP contribution in [0.25, 0.3) is 0 Å². The molecule has 0 aliphatic carbocycles. The summed E-state index contributed by atoms with van der Waals surface area (Å²) in [5.74, 6) is 0. The minimum Gasteiger partial charge on any atom is -0.256 e. The van der Waals surface area contributed by atoms with E-state index in [9.17, 15) is 13.2 Å². The van der Waals surface area contributed by atoms with Gasteiger partial charge in [-0.2, -0.15) is 18.3 Å². The second kappa shape index (κ2) is 5.36. The first-order valence-corrected chi connectivity index (χ1v) is 6.78. The van der Waals surface area contributed by atoms with E-state index in [2.05, 4.69) is 21.0 Å². The summed E-state index contributed by atoms with van der Waals surface area (Å²) in [5.41, 5.74) is 1.25. The van der Waals surface area contributed by atoms with E-state index in [1.165, 1.54) is 6.20 Å². The molecule has 0 unspecified atom stereocenters. The van der Waals surface area contributed by atoms with E-state index in [-0.39, 0.29) is 17.4 Å². The first-order valence-electron chi connectivity index (χ1n) is 5.66. The summed E-state index contributed by atoms with van der Waals surface area (Å²) in [6, 6.07) is 7.35. The largest absolute Gasteiger partial charge is 0.433 e. The number of aryl methyl sites for hydroxylation is 1. The van der Waals surface area contributed by atoms with Crippen LogP contribution in [0.1, 0.15) is 22.4 Å². The molecule has 0 saturated heterocycles. The lowest BCUT2D eigenvalue weighted by atomic mass is 10.1. The Bertz CT molecular complexity index is 576. The zero-order chi connectivity index (χ0) is 14.0. The van der Waals surface area contributed by atoms with Crippen LogP contribution in [0.5, 0.6) is 0 Å². The molecule has 0 aliphatic rings. The van der Waals surface area contributed by atoms with Crippen molar-refractivity contribution in [2.75, 3.05) is 0 Å². The zero-order valence-corrected chi connectivity index (χ0v) is 11.8. The van der Waals surface area contributed by atoms with E-state index < -0.39 is 11.9 Å². The summed E-state index contributed by atoms with van der Waals surface area (Å²) in [6.07, 6.45) is -3.14. The highest BCUT2D eigenvalue weighted by atomic mass is 79.9. The highest BCUT2D eigenvalue weighted by Gasteiger charge is 2.37. The van der Waals surface area contributed by atoms with Crippen LogP contribution in [0.4, 0.5) is 13.2 Å². The van der Waals surface area contributed by atoms with Gasteiger partial charge in [-0.1, -0.05) is 40.2 Å². The predicted molar refractivity (Wildman–Crippen MR) is 70.1 cm³/mol. The maximum absolute atomic E-state index is 13.1. The highest BCUT2D eigenvalue weighted by molar-refractivity contribution is 9.08. The van der Waals surface area contributed by atoms with Crippen molar-refractivity contribution in [3.8, 4) is 0 Å². The van der Waals surface area contributed by atoms with E-state index in [0.29, 0.717) is 0 Å². The summed E-state index contributed by atoms with van der Waals surface area (Å²) in [6.45, 7) is 1.99. The van der Waals surface area contributed by atoms with E-state index >= 15 is 0 Å². The topological polar surface area (TPSA) is 17.8 Å². The van der Waals surface area contributed by atoms with Gasteiger partial charge in [0, 0.05) is 10.9 Å². The minimum absolute atomic E-state index is 0.120. The maximum Gasteiger partial charge on any atom is 0.433 e. The molecule has 0 amide bonds. The third kappa shape index (κ3) is 3.00. The summed E-state index contributed by atoms with van der Waals surface area (Å²) in [7, 11) is 0. The normalized spacial score (nSPS) is 11.8. The fourth-order valence-corrected chi connectivity index (χ4v) is 2.33. The van der Waals surface area contributed by atoms with Crippen LogP contribution < -0.4 is 0 Å². The van der Waals surface area contributed by atoms with Crippen LogP contribution in [0, 0.1) is 6.92 Å². The molecule has 0 aliphatic heterocycles. The van der Waals surface area contributed by atoms with Gasteiger partial charge in [-0.3, -0.25) is 4.68 Å². The lowest BCUT2D eigenvalue weighted by molar-refractivity contribution is -0.144. The average molecular weight is 333 g/mol. The second-order valence-electron chi connectivity index (χ2n) is 4.23. The number of halogens is 4. The lowest BCUT2D eigenvalue weighted by Gasteiger charge is -2.13. The molecule has 0 bridgehead atoms. The average Bonchev–Trinajstić information content (AvgIpc) is 2.75. The van der Waals surface area contributed by atoms with Gasteiger partial charge in [0.2, 0.25) is 0 Å². The van der Waals surface area contributed by atoms with Gasteiger partial charge in [0.05, 0.1) is 12.7 Å². The SMILES string of the molecule is Cc1ccccc1Cn1ncc(CBr)c1C(F)(F)F. The third-order valence-corrected chi connectivity index (χ3v) is 3.51. The van der Waals surface area contributed by atoms with Gasteiger partial charge in [0.25, 0.3) is 0 Å². The fraction of sp³-hybridized carbons (Fsp3) is 0.308. The molecule has 0 radical (unpaired) electrons. The predicted octanol–water partition coefficient (Wildman–Crippen LogP) is 4.15. The van der Waals surface area contributed by atoms with E-state index in [0.717, 1.165) is 15.8 Å².